The van der Waals surface area contributed by atoms with Crippen molar-refractivity contribution in [1.29, 1.82) is 0 Å². The summed E-state index contributed by atoms with van der Waals surface area (Å²) in [4.78, 5) is 11.9. The Balaban J connectivity index is 2.03. The molecule has 7 heteroatoms. The van der Waals surface area contributed by atoms with Gasteiger partial charge in [0.1, 0.15) is 0 Å². The van der Waals surface area contributed by atoms with Gasteiger partial charge in [0.25, 0.3) is 5.91 Å². The predicted molar refractivity (Wildman–Crippen MR) is 83.2 cm³/mol. The highest BCUT2D eigenvalue weighted by atomic mass is 19.2. The Hall–Kier alpha value is -2.67. The Morgan fingerprint density at radius 3 is 2.42 bits per heavy atom. The SMILES string of the molecule is COc1ccc([C@@H](O)CNC(=O)c2ccc(F)c(F)c2)cc1OC. The molecule has 0 heterocycles. The number of hydrogen-bond donors (Lipinski definition) is 2. The average Bonchev–Trinajstić information content (AvgIpc) is 2.60. The first-order valence-corrected chi connectivity index (χ1v) is 7.09. The maximum atomic E-state index is 13.1. The number of aliphatic hydroxyl groups excluding tert-OH is 1. The summed E-state index contributed by atoms with van der Waals surface area (Å²) in [7, 11) is 2.97. The third kappa shape index (κ3) is 3.99. The Morgan fingerprint density at radius 1 is 1.08 bits per heavy atom. The quantitative estimate of drug-likeness (QED) is 0.850. The molecule has 0 saturated heterocycles. The van der Waals surface area contributed by atoms with Crippen molar-refractivity contribution in [2.75, 3.05) is 20.8 Å². The molecule has 0 fully saturated rings. The fourth-order valence-electron chi connectivity index (χ4n) is 2.11. The summed E-state index contributed by atoms with van der Waals surface area (Å²) in [6.45, 7) is -0.104. The third-order valence-electron chi connectivity index (χ3n) is 3.43. The second-order valence-corrected chi connectivity index (χ2v) is 4.97. The second kappa shape index (κ2) is 7.74. The number of ether oxygens (including phenoxy) is 2. The number of aliphatic hydroxyl groups is 1. The zero-order chi connectivity index (χ0) is 17.7. The van der Waals surface area contributed by atoms with Crippen molar-refractivity contribution in [3.63, 3.8) is 0 Å². The minimum atomic E-state index is -1.11. The molecule has 0 aliphatic rings. The highest BCUT2D eigenvalue weighted by molar-refractivity contribution is 5.94. The Bertz CT molecular complexity index is 737. The molecule has 2 rings (SSSR count). The first-order valence-electron chi connectivity index (χ1n) is 7.09. The van der Waals surface area contributed by atoms with Crippen LogP contribution in [0.4, 0.5) is 8.78 Å². The Morgan fingerprint density at radius 2 is 1.79 bits per heavy atom. The van der Waals surface area contributed by atoms with Crippen molar-refractivity contribution >= 4 is 5.91 Å². The van der Waals surface area contributed by atoms with Gasteiger partial charge in [-0.25, -0.2) is 8.78 Å². The van der Waals surface area contributed by atoms with Crippen LogP contribution < -0.4 is 14.8 Å². The van der Waals surface area contributed by atoms with Crippen LogP contribution in [0, 0.1) is 11.6 Å². The van der Waals surface area contributed by atoms with E-state index in [9.17, 15) is 18.7 Å². The van der Waals surface area contributed by atoms with Gasteiger partial charge in [0, 0.05) is 12.1 Å². The molecule has 24 heavy (non-hydrogen) atoms. The number of amides is 1. The van der Waals surface area contributed by atoms with E-state index in [4.69, 9.17) is 9.47 Å². The zero-order valence-electron chi connectivity index (χ0n) is 13.2. The van der Waals surface area contributed by atoms with Crippen LogP contribution in [0.25, 0.3) is 0 Å². The summed E-state index contributed by atoms with van der Waals surface area (Å²) in [5.41, 5.74) is 0.478. The molecule has 0 aromatic heterocycles. The molecule has 0 aliphatic heterocycles. The standard InChI is InChI=1S/C17H17F2NO4/c1-23-15-6-4-10(8-16(15)24-2)14(21)9-20-17(22)11-3-5-12(18)13(19)7-11/h3-8,14,21H,9H2,1-2H3,(H,20,22)/t14-/m0/s1. The van der Waals surface area contributed by atoms with Crippen molar-refractivity contribution in [1.82, 2.24) is 5.32 Å². The zero-order valence-corrected chi connectivity index (χ0v) is 13.2. The number of nitrogens with one attached hydrogen (secondary N) is 1. The minimum Gasteiger partial charge on any atom is -0.493 e. The number of carbonyl (C=O) groups is 1. The minimum absolute atomic E-state index is 0.0339. The van der Waals surface area contributed by atoms with E-state index < -0.39 is 23.6 Å². The highest BCUT2D eigenvalue weighted by Gasteiger charge is 2.14. The molecule has 1 atom stereocenters. The third-order valence-corrected chi connectivity index (χ3v) is 3.43. The van der Waals surface area contributed by atoms with E-state index in [0.717, 1.165) is 18.2 Å². The van der Waals surface area contributed by atoms with E-state index in [1.54, 1.807) is 18.2 Å². The van der Waals surface area contributed by atoms with E-state index in [2.05, 4.69) is 5.32 Å². The highest BCUT2D eigenvalue weighted by Crippen LogP contribution is 2.29. The molecule has 2 aromatic carbocycles. The molecular weight excluding hydrogens is 320 g/mol. The first kappa shape index (κ1) is 17.7. The van der Waals surface area contributed by atoms with Crippen LogP contribution in [0.15, 0.2) is 36.4 Å². The van der Waals surface area contributed by atoms with Crippen LogP contribution >= 0.6 is 0 Å². The first-order chi connectivity index (χ1) is 11.5. The summed E-state index contributed by atoms with van der Waals surface area (Å²) in [6.07, 6.45) is -1.00. The molecular formula is C17H17F2NO4. The van der Waals surface area contributed by atoms with Crippen LogP contribution in [0.2, 0.25) is 0 Å². The molecule has 2 N–H and O–H groups in total. The number of benzene rings is 2. The van der Waals surface area contributed by atoms with Crippen LogP contribution in [0.1, 0.15) is 22.0 Å². The molecule has 0 unspecified atom stereocenters. The van der Waals surface area contributed by atoms with Gasteiger partial charge in [-0.15, -0.1) is 0 Å². The predicted octanol–water partition coefficient (Wildman–Crippen LogP) is 2.45. The van der Waals surface area contributed by atoms with Gasteiger partial charge in [-0.05, 0) is 35.9 Å². The lowest BCUT2D eigenvalue weighted by atomic mass is 10.1. The van der Waals surface area contributed by atoms with Crippen molar-refractivity contribution in [3.8, 4) is 11.5 Å². The van der Waals surface area contributed by atoms with Gasteiger partial charge in [-0.3, -0.25) is 4.79 Å². The molecule has 0 bridgehead atoms. The monoisotopic (exact) mass is 337 g/mol. The molecule has 5 nitrogen and oxygen atoms in total. The van der Waals surface area contributed by atoms with Gasteiger partial charge in [0.15, 0.2) is 23.1 Å². The second-order valence-electron chi connectivity index (χ2n) is 4.97. The average molecular weight is 337 g/mol. The van der Waals surface area contributed by atoms with Crippen molar-refractivity contribution in [2.24, 2.45) is 0 Å². The number of methoxy groups -OCH3 is 2. The molecule has 1 amide bonds. The van der Waals surface area contributed by atoms with Crippen molar-refractivity contribution in [2.45, 2.75) is 6.10 Å². The largest absolute Gasteiger partial charge is 0.493 e. The Kier molecular flexibility index (Phi) is 5.70. The summed E-state index contributed by atoms with van der Waals surface area (Å²) >= 11 is 0. The van der Waals surface area contributed by atoms with Crippen LogP contribution in [-0.4, -0.2) is 31.8 Å². The van der Waals surface area contributed by atoms with Gasteiger partial charge < -0.3 is 19.9 Å². The van der Waals surface area contributed by atoms with Crippen LogP contribution in [0.5, 0.6) is 11.5 Å². The van der Waals surface area contributed by atoms with Gasteiger partial charge in [0.05, 0.1) is 20.3 Å². The summed E-state index contributed by atoms with van der Waals surface area (Å²) < 4.78 is 36.2. The lowest BCUT2D eigenvalue weighted by molar-refractivity contribution is 0.0915. The lowest BCUT2D eigenvalue weighted by Crippen LogP contribution is -2.28. The molecule has 0 aliphatic carbocycles. The summed E-state index contributed by atoms with van der Waals surface area (Å²) in [5.74, 6) is -1.80. The van der Waals surface area contributed by atoms with Crippen molar-refractivity contribution < 1.29 is 28.2 Å². The van der Waals surface area contributed by atoms with E-state index in [1.807, 2.05) is 0 Å². The normalized spacial score (nSPS) is 11.7. The molecule has 0 spiro atoms. The molecule has 0 radical (unpaired) electrons. The number of hydrogen-bond acceptors (Lipinski definition) is 4. The fraction of sp³-hybridized carbons (Fsp3) is 0.235. The molecule has 2 aromatic rings. The van der Waals surface area contributed by atoms with E-state index in [1.165, 1.54) is 14.2 Å². The lowest BCUT2D eigenvalue weighted by Gasteiger charge is -2.15. The number of halogens is 2. The molecule has 128 valence electrons. The smallest absolute Gasteiger partial charge is 0.251 e. The van der Waals surface area contributed by atoms with Crippen LogP contribution in [0.3, 0.4) is 0 Å². The van der Waals surface area contributed by atoms with Gasteiger partial charge in [-0.1, -0.05) is 6.07 Å². The van der Waals surface area contributed by atoms with E-state index in [0.29, 0.717) is 17.1 Å². The maximum absolute atomic E-state index is 13.1. The number of rotatable bonds is 6. The van der Waals surface area contributed by atoms with E-state index >= 15 is 0 Å². The van der Waals surface area contributed by atoms with E-state index in [-0.39, 0.29) is 12.1 Å². The van der Waals surface area contributed by atoms with Gasteiger partial charge in [0.2, 0.25) is 0 Å². The summed E-state index contributed by atoms with van der Waals surface area (Å²) in [6, 6.07) is 7.69. The maximum Gasteiger partial charge on any atom is 0.251 e. The van der Waals surface area contributed by atoms with Crippen LogP contribution in [-0.2, 0) is 0 Å². The molecule has 0 saturated carbocycles. The summed E-state index contributed by atoms with van der Waals surface area (Å²) in [5, 5.41) is 12.6. The fourth-order valence-corrected chi connectivity index (χ4v) is 2.11. The Labute approximate surface area is 137 Å². The van der Waals surface area contributed by atoms with Crippen molar-refractivity contribution in [3.05, 3.63) is 59.2 Å². The topological polar surface area (TPSA) is 67.8 Å². The van der Waals surface area contributed by atoms with Gasteiger partial charge in [-0.2, -0.15) is 0 Å². The number of carbonyl (C=O) groups excluding carboxylic acids is 1. The van der Waals surface area contributed by atoms with Gasteiger partial charge >= 0.3 is 0 Å².